The van der Waals surface area contributed by atoms with Crippen molar-refractivity contribution in [3.8, 4) is 0 Å². The summed E-state index contributed by atoms with van der Waals surface area (Å²) in [5, 5.41) is 17.0. The van der Waals surface area contributed by atoms with Crippen LogP contribution in [-0.4, -0.2) is 34.5 Å². The molecule has 14 heavy (non-hydrogen) atoms. The molecule has 2 unspecified atom stereocenters. The molecule has 1 aliphatic heterocycles. The molecule has 1 aromatic heterocycles. The summed E-state index contributed by atoms with van der Waals surface area (Å²) in [7, 11) is 0. The van der Waals surface area contributed by atoms with Crippen molar-refractivity contribution >= 4 is 12.0 Å². The van der Waals surface area contributed by atoms with E-state index in [1.807, 2.05) is 11.8 Å². The molecule has 1 saturated heterocycles. The molecule has 6 nitrogen and oxygen atoms in total. The Morgan fingerprint density at radius 3 is 2.93 bits per heavy atom. The smallest absolute Gasteiger partial charge is 0.319 e. The van der Waals surface area contributed by atoms with Crippen LogP contribution >= 0.6 is 0 Å². The Balaban J connectivity index is 2.06. The molecular weight excluding hydrogens is 184 g/mol. The van der Waals surface area contributed by atoms with E-state index < -0.39 is 0 Å². The summed E-state index contributed by atoms with van der Waals surface area (Å²) in [6.45, 7) is 3.38. The number of nitrogen functional groups attached to an aromatic ring is 1. The fraction of sp³-hybridized carbons (Fsp3) is 0.750. The second-order valence-corrected chi connectivity index (χ2v) is 3.70. The van der Waals surface area contributed by atoms with Crippen LogP contribution in [0.3, 0.4) is 0 Å². The lowest BCUT2D eigenvalue weighted by atomic mass is 9.96. The van der Waals surface area contributed by atoms with Gasteiger partial charge in [0.1, 0.15) is 0 Å². The zero-order chi connectivity index (χ0) is 10.1. The molecule has 1 fully saturated rings. The van der Waals surface area contributed by atoms with Gasteiger partial charge in [0.25, 0.3) is 0 Å². The van der Waals surface area contributed by atoms with Gasteiger partial charge in [-0.15, -0.1) is 0 Å². The molecule has 0 spiro atoms. The predicted molar refractivity (Wildman–Crippen MR) is 50.7 cm³/mol. The maximum atomic E-state index is 9.65. The molecule has 2 atom stereocenters. The number of rotatable bonds is 1. The molecule has 0 amide bonds. The maximum Gasteiger partial charge on any atom is 0.319 e. The topological polar surface area (TPSA) is 88.4 Å². The Hall–Kier alpha value is -1.30. The summed E-state index contributed by atoms with van der Waals surface area (Å²) in [5.74, 6) is 0.325. The number of hydrogen-bond donors (Lipinski definition) is 2. The van der Waals surface area contributed by atoms with E-state index in [-0.39, 0.29) is 12.1 Å². The van der Waals surface area contributed by atoms with Crippen LogP contribution < -0.4 is 10.6 Å². The van der Waals surface area contributed by atoms with Crippen LogP contribution in [0, 0.1) is 5.92 Å². The first kappa shape index (κ1) is 9.26. The largest absolute Gasteiger partial charge is 0.391 e. The number of hydrogen-bond acceptors (Lipinski definition) is 6. The lowest BCUT2D eigenvalue weighted by Crippen LogP contribution is -2.43. The number of nitrogens with zero attached hydrogens (tertiary/aromatic N) is 3. The third-order valence-corrected chi connectivity index (χ3v) is 2.62. The van der Waals surface area contributed by atoms with Gasteiger partial charge in [0.15, 0.2) is 0 Å². The standard InChI is InChI=1S/C8H14N4O2/c1-5-2-3-12(4-6(5)13)8-11-10-7(9)14-8/h5-6,13H,2-4H2,1H3,(H2,9,10). The van der Waals surface area contributed by atoms with Gasteiger partial charge in [0.2, 0.25) is 0 Å². The van der Waals surface area contributed by atoms with Crippen molar-refractivity contribution in [1.29, 1.82) is 0 Å². The van der Waals surface area contributed by atoms with Crippen LogP contribution in [0.15, 0.2) is 4.42 Å². The van der Waals surface area contributed by atoms with Gasteiger partial charge in [-0.2, -0.15) is 0 Å². The molecule has 0 bridgehead atoms. The molecule has 2 rings (SSSR count). The highest BCUT2D eigenvalue weighted by Gasteiger charge is 2.26. The second kappa shape index (κ2) is 3.45. The highest BCUT2D eigenvalue weighted by molar-refractivity contribution is 5.28. The van der Waals surface area contributed by atoms with Crippen molar-refractivity contribution < 1.29 is 9.52 Å². The van der Waals surface area contributed by atoms with Crippen molar-refractivity contribution in [3.63, 3.8) is 0 Å². The highest BCUT2D eigenvalue weighted by Crippen LogP contribution is 2.22. The monoisotopic (exact) mass is 198 g/mol. The van der Waals surface area contributed by atoms with Gasteiger partial charge >= 0.3 is 12.0 Å². The Kier molecular flexibility index (Phi) is 2.28. The third-order valence-electron chi connectivity index (χ3n) is 2.62. The number of piperidine rings is 1. The SMILES string of the molecule is CC1CCN(c2nnc(N)o2)CC1O. The normalized spacial score (nSPS) is 28.0. The lowest BCUT2D eigenvalue weighted by Gasteiger charge is -2.32. The van der Waals surface area contributed by atoms with Crippen molar-refractivity contribution in [2.75, 3.05) is 23.7 Å². The van der Waals surface area contributed by atoms with Crippen LogP contribution in [0.2, 0.25) is 0 Å². The van der Waals surface area contributed by atoms with Crippen LogP contribution in [-0.2, 0) is 0 Å². The van der Waals surface area contributed by atoms with Gasteiger partial charge in [-0.05, 0) is 12.3 Å². The minimum atomic E-state index is -0.336. The molecule has 0 saturated carbocycles. The van der Waals surface area contributed by atoms with E-state index in [9.17, 15) is 5.11 Å². The number of anilines is 2. The fourth-order valence-corrected chi connectivity index (χ4v) is 1.58. The van der Waals surface area contributed by atoms with E-state index in [0.29, 0.717) is 18.5 Å². The van der Waals surface area contributed by atoms with Gasteiger partial charge in [0.05, 0.1) is 6.10 Å². The zero-order valence-electron chi connectivity index (χ0n) is 8.05. The second-order valence-electron chi connectivity index (χ2n) is 3.70. The quantitative estimate of drug-likeness (QED) is 0.653. The van der Waals surface area contributed by atoms with Crippen LogP contribution in [0.1, 0.15) is 13.3 Å². The highest BCUT2D eigenvalue weighted by atomic mass is 16.4. The summed E-state index contributed by atoms with van der Waals surface area (Å²) < 4.78 is 5.08. The molecular formula is C8H14N4O2. The predicted octanol–water partition coefficient (Wildman–Crippen LogP) is -0.141. The zero-order valence-corrected chi connectivity index (χ0v) is 8.05. The van der Waals surface area contributed by atoms with Gasteiger partial charge in [0, 0.05) is 13.1 Å². The minimum absolute atomic E-state index is 0.0631. The van der Waals surface area contributed by atoms with Crippen LogP contribution in [0.5, 0.6) is 0 Å². The Morgan fingerprint density at radius 1 is 1.57 bits per heavy atom. The first-order valence-corrected chi connectivity index (χ1v) is 4.69. The van der Waals surface area contributed by atoms with E-state index in [4.69, 9.17) is 10.2 Å². The summed E-state index contributed by atoms with van der Waals surface area (Å²) >= 11 is 0. The van der Waals surface area contributed by atoms with Gasteiger partial charge < -0.3 is 20.2 Å². The van der Waals surface area contributed by atoms with Crippen LogP contribution in [0.25, 0.3) is 0 Å². The fourth-order valence-electron chi connectivity index (χ4n) is 1.58. The first-order chi connectivity index (χ1) is 6.66. The molecule has 78 valence electrons. The number of aliphatic hydroxyl groups is 1. The number of aromatic nitrogens is 2. The van der Waals surface area contributed by atoms with Gasteiger partial charge in [-0.3, -0.25) is 0 Å². The average molecular weight is 198 g/mol. The van der Waals surface area contributed by atoms with Crippen molar-refractivity contribution in [2.45, 2.75) is 19.4 Å². The first-order valence-electron chi connectivity index (χ1n) is 4.69. The number of β-amino-alcohol motifs (C(OH)–C–C–N with tert-alkyl or cyclic N) is 1. The molecule has 3 N–H and O–H groups in total. The molecule has 1 aliphatic rings. The lowest BCUT2D eigenvalue weighted by molar-refractivity contribution is 0.101. The number of aliphatic hydroxyl groups excluding tert-OH is 1. The molecule has 0 aromatic carbocycles. The summed E-state index contributed by atoms with van der Waals surface area (Å²) in [4.78, 5) is 1.86. The molecule has 6 heteroatoms. The van der Waals surface area contributed by atoms with Crippen molar-refractivity contribution in [3.05, 3.63) is 0 Å². The van der Waals surface area contributed by atoms with Gasteiger partial charge in [-0.1, -0.05) is 17.1 Å². The minimum Gasteiger partial charge on any atom is -0.391 e. The Labute approximate surface area is 81.7 Å². The van der Waals surface area contributed by atoms with Gasteiger partial charge in [-0.25, -0.2) is 0 Å². The van der Waals surface area contributed by atoms with E-state index in [0.717, 1.165) is 13.0 Å². The van der Waals surface area contributed by atoms with Crippen LogP contribution in [0.4, 0.5) is 12.0 Å². The Morgan fingerprint density at radius 2 is 2.36 bits per heavy atom. The average Bonchev–Trinajstić information content (AvgIpc) is 2.57. The van der Waals surface area contributed by atoms with E-state index in [1.54, 1.807) is 0 Å². The van der Waals surface area contributed by atoms with E-state index in [2.05, 4.69) is 10.2 Å². The summed E-state index contributed by atoms with van der Waals surface area (Å²) in [5.41, 5.74) is 5.32. The number of nitrogens with two attached hydrogens (primary N) is 1. The molecule has 1 aromatic rings. The molecule has 0 radical (unpaired) electrons. The molecule has 0 aliphatic carbocycles. The van der Waals surface area contributed by atoms with Crippen molar-refractivity contribution in [2.24, 2.45) is 5.92 Å². The summed E-state index contributed by atoms with van der Waals surface area (Å²) in [6.07, 6.45) is 0.584. The maximum absolute atomic E-state index is 9.65. The summed E-state index contributed by atoms with van der Waals surface area (Å²) in [6, 6.07) is 0.460. The van der Waals surface area contributed by atoms with E-state index in [1.165, 1.54) is 0 Å². The van der Waals surface area contributed by atoms with Crippen molar-refractivity contribution in [1.82, 2.24) is 10.2 Å². The van der Waals surface area contributed by atoms with E-state index >= 15 is 0 Å². The molecule has 2 heterocycles. The Bertz CT molecular complexity index is 314. The third kappa shape index (κ3) is 1.65.